The highest BCUT2D eigenvalue weighted by Crippen LogP contribution is 2.66. The largest absolute Gasteiger partial charge is 0.490 e. The summed E-state index contributed by atoms with van der Waals surface area (Å²) in [5, 5.41) is 7.03. The van der Waals surface area contributed by atoms with Gasteiger partial charge in [-0.15, -0.1) is 0 Å². The fourth-order valence-corrected chi connectivity index (χ4v) is 6.08. The molecule has 3 heterocycles. The number of alkyl halides is 2. The molecule has 0 aromatic carbocycles. The standard InChI is InChI=1S/C10H12Cl2FN4O12P3/c11-7-5-8(15-2-14-7)17(3-16-5)9-10(12,13)6(18)4(27-9)1-26-31(22,23)29-32(24,25)28-30(19,20)21/h2-4,6,9,18H,1H2,(H,22,23)(H,24,25)(H2,19,20,21)/t4-,6-,9-,10+/m1/s1. The van der Waals surface area contributed by atoms with Gasteiger partial charge >= 0.3 is 23.5 Å². The third-order valence-corrected chi connectivity index (χ3v) is 8.25. The van der Waals surface area contributed by atoms with Crippen LogP contribution in [0.15, 0.2) is 12.7 Å². The molecule has 0 amide bonds. The third kappa shape index (κ3) is 5.71. The number of halogens is 3. The van der Waals surface area contributed by atoms with Crippen molar-refractivity contribution in [3.05, 3.63) is 17.8 Å². The zero-order valence-electron chi connectivity index (χ0n) is 15.0. The molecule has 180 valence electrons. The number of phosphoric acid groups is 3. The van der Waals surface area contributed by atoms with Crippen molar-refractivity contribution in [2.45, 2.75) is 23.6 Å². The number of nitrogens with zero attached hydrogens (tertiary/aromatic N) is 4. The van der Waals surface area contributed by atoms with Gasteiger partial charge in [0.05, 0.1) is 12.9 Å². The van der Waals surface area contributed by atoms with Gasteiger partial charge in [0, 0.05) is 0 Å². The number of rotatable bonds is 8. The summed E-state index contributed by atoms with van der Waals surface area (Å²) in [6.07, 6.45) is -3.66. The van der Waals surface area contributed by atoms with Crippen molar-refractivity contribution in [1.82, 2.24) is 19.5 Å². The fraction of sp³-hybridized carbons (Fsp3) is 0.500. The summed E-state index contributed by atoms with van der Waals surface area (Å²) in [6.45, 7) is -1.14. The Morgan fingerprint density at radius 3 is 2.44 bits per heavy atom. The van der Waals surface area contributed by atoms with E-state index in [1.54, 1.807) is 0 Å². The summed E-state index contributed by atoms with van der Waals surface area (Å²) in [5.74, 6) is 0. The van der Waals surface area contributed by atoms with Crippen molar-refractivity contribution in [2.75, 3.05) is 6.61 Å². The summed E-state index contributed by atoms with van der Waals surface area (Å²) in [5.41, 5.74) is 0.0230. The first-order valence-electron chi connectivity index (χ1n) is 7.85. The molecule has 2 unspecified atom stereocenters. The molecule has 6 atom stereocenters. The number of ether oxygens (including phenoxy) is 1. The molecule has 2 aromatic heterocycles. The lowest BCUT2D eigenvalue weighted by molar-refractivity contribution is -0.0473. The second-order valence-electron chi connectivity index (χ2n) is 6.02. The Labute approximate surface area is 186 Å². The van der Waals surface area contributed by atoms with E-state index in [0.717, 1.165) is 17.2 Å². The lowest BCUT2D eigenvalue weighted by Gasteiger charge is -2.22. The van der Waals surface area contributed by atoms with Gasteiger partial charge in [-0.3, -0.25) is 9.09 Å². The van der Waals surface area contributed by atoms with Crippen LogP contribution in [0.25, 0.3) is 11.2 Å². The quantitative estimate of drug-likeness (QED) is 0.171. The minimum absolute atomic E-state index is 0.0292. The van der Waals surface area contributed by atoms with Gasteiger partial charge in [0.2, 0.25) is 0 Å². The average molecular weight is 563 g/mol. The molecule has 1 aliphatic rings. The van der Waals surface area contributed by atoms with Crippen LogP contribution in [0.4, 0.5) is 4.39 Å². The highest BCUT2D eigenvalue weighted by atomic mass is 35.5. The molecule has 1 aliphatic heterocycles. The van der Waals surface area contributed by atoms with E-state index in [4.69, 9.17) is 42.6 Å². The number of aromatic nitrogens is 4. The maximum atomic E-state index is 15.0. The molecule has 5 N–H and O–H groups in total. The van der Waals surface area contributed by atoms with Crippen molar-refractivity contribution in [1.29, 1.82) is 0 Å². The van der Waals surface area contributed by atoms with E-state index in [1.807, 2.05) is 0 Å². The summed E-state index contributed by atoms with van der Waals surface area (Å²) in [4.78, 5) is 47.0. The second kappa shape index (κ2) is 8.87. The topological polar surface area (TPSA) is 233 Å². The minimum Gasteiger partial charge on any atom is -0.385 e. The molecule has 16 nitrogen and oxygen atoms in total. The number of hydrogen-bond donors (Lipinski definition) is 5. The van der Waals surface area contributed by atoms with Crippen LogP contribution in [-0.4, -0.2) is 68.1 Å². The van der Waals surface area contributed by atoms with Crippen molar-refractivity contribution in [3.8, 4) is 0 Å². The number of hydrogen-bond acceptors (Lipinski definition) is 11. The van der Waals surface area contributed by atoms with E-state index in [0.29, 0.717) is 0 Å². The molecule has 32 heavy (non-hydrogen) atoms. The van der Waals surface area contributed by atoms with Crippen LogP contribution in [0, 0.1) is 0 Å². The van der Waals surface area contributed by atoms with Crippen LogP contribution >= 0.6 is 46.7 Å². The highest BCUT2D eigenvalue weighted by molar-refractivity contribution is 7.66. The number of aliphatic hydroxyl groups excluding tert-OH is 1. The number of imidazole rings is 1. The lowest BCUT2D eigenvalue weighted by atomic mass is 10.1. The molecule has 1 fully saturated rings. The van der Waals surface area contributed by atoms with Gasteiger partial charge < -0.3 is 29.4 Å². The van der Waals surface area contributed by atoms with Crippen LogP contribution in [-0.2, 0) is 31.6 Å². The van der Waals surface area contributed by atoms with Gasteiger partial charge in [0.25, 0.3) is 5.13 Å². The lowest BCUT2D eigenvalue weighted by Crippen LogP contribution is -2.38. The normalized spacial score (nSPS) is 30.3. The van der Waals surface area contributed by atoms with Gasteiger partial charge in [0.1, 0.15) is 24.1 Å². The van der Waals surface area contributed by atoms with Gasteiger partial charge in [-0.2, -0.15) is 8.62 Å². The predicted octanol–water partition coefficient (Wildman–Crippen LogP) is 0.986. The Hall–Kier alpha value is -0.610. The zero-order chi connectivity index (χ0) is 24.1. The van der Waals surface area contributed by atoms with E-state index in [2.05, 4.69) is 28.1 Å². The van der Waals surface area contributed by atoms with Crippen LogP contribution in [0.5, 0.6) is 0 Å². The Kier molecular flexibility index (Phi) is 7.21. The van der Waals surface area contributed by atoms with Gasteiger partial charge in [-0.25, -0.2) is 33.0 Å². The Balaban J connectivity index is 1.74. The molecular formula is C10H12Cl2FN4O12P3. The maximum absolute atomic E-state index is 15.0. The van der Waals surface area contributed by atoms with Crippen molar-refractivity contribution in [2.24, 2.45) is 0 Å². The van der Waals surface area contributed by atoms with Crippen molar-refractivity contribution >= 4 is 57.8 Å². The Bertz CT molecular complexity index is 1160. The van der Waals surface area contributed by atoms with Crippen LogP contribution in [0.1, 0.15) is 6.23 Å². The predicted molar refractivity (Wildman–Crippen MR) is 99.8 cm³/mol. The molecule has 1 saturated heterocycles. The first-order chi connectivity index (χ1) is 14.5. The molecular weight excluding hydrogens is 551 g/mol. The SMILES string of the molecule is O=P(O)(O)OP(=O)(O)OP(=O)(O)OC[C@H]1O[C@@H](n2cnc3c(Cl)ncnc32)[C@](F)(Cl)[C@@H]1O. The molecule has 0 radical (unpaired) electrons. The summed E-state index contributed by atoms with van der Waals surface area (Å²) < 4.78 is 66.4. The monoisotopic (exact) mass is 562 g/mol. The van der Waals surface area contributed by atoms with Gasteiger partial charge in [-0.1, -0.05) is 23.2 Å². The van der Waals surface area contributed by atoms with Crippen LogP contribution in [0.3, 0.4) is 0 Å². The molecule has 22 heteroatoms. The molecule has 0 aliphatic carbocycles. The van der Waals surface area contributed by atoms with E-state index in [9.17, 15) is 23.7 Å². The Morgan fingerprint density at radius 2 is 1.81 bits per heavy atom. The second-order valence-corrected chi connectivity index (χ2v) is 11.4. The van der Waals surface area contributed by atoms with E-state index >= 15 is 4.39 Å². The maximum Gasteiger partial charge on any atom is 0.490 e. The smallest absolute Gasteiger partial charge is 0.385 e. The molecule has 0 saturated carbocycles. The van der Waals surface area contributed by atoms with E-state index < -0.39 is 53.6 Å². The zero-order valence-corrected chi connectivity index (χ0v) is 19.1. The molecule has 2 aromatic rings. The summed E-state index contributed by atoms with van der Waals surface area (Å²) >= 11 is 11.6. The average Bonchev–Trinajstić information content (AvgIpc) is 3.11. The highest BCUT2D eigenvalue weighted by Gasteiger charge is 2.58. The van der Waals surface area contributed by atoms with Gasteiger partial charge in [0.15, 0.2) is 17.0 Å². The van der Waals surface area contributed by atoms with Crippen molar-refractivity contribution < 1.29 is 60.6 Å². The fourth-order valence-electron chi connectivity index (χ4n) is 2.57. The summed E-state index contributed by atoms with van der Waals surface area (Å²) in [7, 11) is -16.9. The molecule has 0 spiro atoms. The van der Waals surface area contributed by atoms with Crippen molar-refractivity contribution in [3.63, 3.8) is 0 Å². The molecule has 0 bridgehead atoms. The number of phosphoric ester groups is 1. The number of aliphatic hydroxyl groups is 1. The Morgan fingerprint density at radius 1 is 1.16 bits per heavy atom. The minimum atomic E-state index is -5.77. The van der Waals surface area contributed by atoms with Crippen LogP contribution in [0.2, 0.25) is 5.15 Å². The first-order valence-corrected chi connectivity index (χ1v) is 13.1. The first kappa shape index (κ1) is 26.0. The van der Waals surface area contributed by atoms with E-state index in [1.165, 1.54) is 0 Å². The van der Waals surface area contributed by atoms with Gasteiger partial charge in [-0.05, 0) is 0 Å². The third-order valence-electron chi connectivity index (χ3n) is 3.76. The molecule has 3 rings (SSSR count). The summed E-state index contributed by atoms with van der Waals surface area (Å²) in [6, 6.07) is 0. The van der Waals surface area contributed by atoms with Crippen LogP contribution < -0.4 is 0 Å². The number of fused-ring (bicyclic) bond motifs is 1. The van der Waals surface area contributed by atoms with E-state index in [-0.39, 0.29) is 16.3 Å².